The molecule has 0 aliphatic heterocycles. The molecular weight excluding hydrogens is 308 g/mol. The van der Waals surface area contributed by atoms with E-state index < -0.39 is 0 Å². The van der Waals surface area contributed by atoms with Crippen LogP contribution in [0.3, 0.4) is 0 Å². The summed E-state index contributed by atoms with van der Waals surface area (Å²) in [6.07, 6.45) is 0. The van der Waals surface area contributed by atoms with Crippen LogP contribution in [0.2, 0.25) is 0 Å². The molecule has 0 spiro atoms. The molecule has 86 valence electrons. The van der Waals surface area contributed by atoms with Crippen LogP contribution in [-0.4, -0.2) is 5.75 Å². The number of rotatable bonds is 2. The van der Waals surface area contributed by atoms with Gasteiger partial charge in [-0.15, -0.1) is 11.3 Å². The van der Waals surface area contributed by atoms with Crippen molar-refractivity contribution in [1.29, 1.82) is 0 Å². The number of thioether (sulfide) groups is 1. The minimum atomic E-state index is 0.0935. The van der Waals surface area contributed by atoms with Gasteiger partial charge < -0.3 is 4.42 Å². The van der Waals surface area contributed by atoms with Crippen LogP contribution in [0.4, 0.5) is 0 Å². The predicted molar refractivity (Wildman–Crippen MR) is 73.9 cm³/mol. The molecule has 0 N–H and O–H groups in total. The fraction of sp³-hybridized carbons (Fsp3) is 0.364. The van der Waals surface area contributed by atoms with E-state index in [9.17, 15) is 4.79 Å². The minimum absolute atomic E-state index is 0.0935. The van der Waals surface area contributed by atoms with E-state index in [1.54, 1.807) is 11.8 Å². The number of aryl methyl sites for hydroxylation is 1. The van der Waals surface area contributed by atoms with E-state index in [1.165, 1.54) is 11.3 Å². The van der Waals surface area contributed by atoms with Crippen molar-refractivity contribution in [3.05, 3.63) is 25.1 Å². The molecule has 0 aliphatic rings. The smallest absolute Gasteiger partial charge is 0.206 e. The maximum Gasteiger partial charge on any atom is 0.206 e. The summed E-state index contributed by atoms with van der Waals surface area (Å²) < 4.78 is 7.41. The number of fused-ring (bicyclic) bond motifs is 1. The molecule has 0 amide bonds. The van der Waals surface area contributed by atoms with Gasteiger partial charge in [-0.25, -0.2) is 0 Å². The first-order valence-corrected chi connectivity index (χ1v) is 7.50. The summed E-state index contributed by atoms with van der Waals surface area (Å²) in [5.41, 5.74) is 1.50. The standard InChI is InChI=1S/C11H11BrO2S2/c1-4-15-11-5(2)8(13)10-9(14-11)7(12)6(3)16-10/h4H2,1-3H3. The monoisotopic (exact) mass is 318 g/mol. The molecular formula is C11H11BrO2S2. The van der Waals surface area contributed by atoms with Gasteiger partial charge in [-0.05, 0) is 35.5 Å². The molecule has 0 aromatic carbocycles. The SMILES string of the molecule is CCSc1oc2c(Br)c(C)sc2c(=O)c1C. The molecule has 2 aromatic rings. The highest BCUT2D eigenvalue weighted by Crippen LogP contribution is 2.36. The lowest BCUT2D eigenvalue weighted by molar-refractivity contribution is 0.492. The Labute approximate surface area is 110 Å². The normalized spacial score (nSPS) is 11.2. The van der Waals surface area contributed by atoms with Crippen LogP contribution in [0.5, 0.6) is 0 Å². The van der Waals surface area contributed by atoms with Crippen LogP contribution >= 0.6 is 39.0 Å². The lowest BCUT2D eigenvalue weighted by Crippen LogP contribution is -2.04. The summed E-state index contributed by atoms with van der Waals surface area (Å²) >= 11 is 6.51. The van der Waals surface area contributed by atoms with Crippen LogP contribution in [0.15, 0.2) is 18.8 Å². The van der Waals surface area contributed by atoms with E-state index in [2.05, 4.69) is 15.9 Å². The molecule has 0 saturated carbocycles. The van der Waals surface area contributed by atoms with Crippen LogP contribution in [0.25, 0.3) is 10.3 Å². The van der Waals surface area contributed by atoms with E-state index >= 15 is 0 Å². The average Bonchev–Trinajstić information content (AvgIpc) is 2.53. The summed E-state index contributed by atoms with van der Waals surface area (Å²) in [6, 6.07) is 0. The third-order valence-corrected chi connectivity index (χ3v) is 5.54. The van der Waals surface area contributed by atoms with Crippen molar-refractivity contribution in [3.8, 4) is 0 Å². The van der Waals surface area contributed by atoms with Crippen molar-refractivity contribution in [1.82, 2.24) is 0 Å². The largest absolute Gasteiger partial charge is 0.447 e. The molecule has 2 heterocycles. The molecule has 2 nitrogen and oxygen atoms in total. The molecule has 0 radical (unpaired) electrons. The van der Waals surface area contributed by atoms with E-state index in [4.69, 9.17) is 4.42 Å². The first kappa shape index (κ1) is 12.2. The van der Waals surface area contributed by atoms with E-state index in [0.717, 1.165) is 20.2 Å². The highest BCUT2D eigenvalue weighted by molar-refractivity contribution is 9.10. The van der Waals surface area contributed by atoms with Crippen LogP contribution in [0.1, 0.15) is 17.4 Å². The molecule has 0 aliphatic carbocycles. The third-order valence-electron chi connectivity index (χ3n) is 2.29. The van der Waals surface area contributed by atoms with Crippen LogP contribution in [-0.2, 0) is 0 Å². The molecule has 0 fully saturated rings. The van der Waals surface area contributed by atoms with E-state index in [1.807, 2.05) is 20.8 Å². The Hall–Kier alpha value is -0.260. The van der Waals surface area contributed by atoms with Gasteiger partial charge in [0.05, 0.1) is 4.47 Å². The van der Waals surface area contributed by atoms with Crippen molar-refractivity contribution in [2.75, 3.05) is 5.75 Å². The number of halogens is 1. The second kappa shape index (κ2) is 4.55. The summed E-state index contributed by atoms with van der Waals surface area (Å²) in [7, 11) is 0. The van der Waals surface area contributed by atoms with Crippen molar-refractivity contribution in [3.63, 3.8) is 0 Å². The Morgan fingerprint density at radius 2 is 2.12 bits per heavy atom. The fourth-order valence-electron chi connectivity index (χ4n) is 1.45. The molecule has 2 rings (SSSR count). The summed E-state index contributed by atoms with van der Waals surface area (Å²) in [4.78, 5) is 13.2. The zero-order valence-electron chi connectivity index (χ0n) is 9.22. The summed E-state index contributed by atoms with van der Waals surface area (Å²) in [5, 5.41) is 0.735. The van der Waals surface area contributed by atoms with Crippen molar-refractivity contribution < 1.29 is 4.42 Å². The molecule has 5 heteroatoms. The first-order chi connectivity index (χ1) is 7.56. The molecule has 16 heavy (non-hydrogen) atoms. The van der Waals surface area contributed by atoms with Gasteiger partial charge in [0.25, 0.3) is 0 Å². The Balaban J connectivity index is 2.83. The number of thiophene rings is 1. The molecule has 0 bridgehead atoms. The first-order valence-electron chi connectivity index (χ1n) is 4.91. The van der Waals surface area contributed by atoms with Crippen molar-refractivity contribution in [2.24, 2.45) is 0 Å². The zero-order chi connectivity index (χ0) is 11.9. The van der Waals surface area contributed by atoms with Gasteiger partial charge in [0.15, 0.2) is 10.7 Å². The fourth-order valence-corrected chi connectivity index (χ4v) is 3.78. The minimum Gasteiger partial charge on any atom is -0.447 e. The Morgan fingerprint density at radius 1 is 1.44 bits per heavy atom. The summed E-state index contributed by atoms with van der Waals surface area (Å²) in [5.74, 6) is 0.899. The van der Waals surface area contributed by atoms with Gasteiger partial charge >= 0.3 is 0 Å². The second-order valence-corrected chi connectivity index (χ2v) is 6.66. The van der Waals surface area contributed by atoms with Gasteiger partial charge in [-0.1, -0.05) is 18.7 Å². The maximum absolute atomic E-state index is 12.1. The third kappa shape index (κ3) is 1.85. The van der Waals surface area contributed by atoms with Gasteiger partial charge in [-0.3, -0.25) is 4.79 Å². The van der Waals surface area contributed by atoms with Gasteiger partial charge in [0, 0.05) is 10.4 Å². The lowest BCUT2D eigenvalue weighted by atomic mass is 10.3. The van der Waals surface area contributed by atoms with Crippen LogP contribution in [0, 0.1) is 13.8 Å². The maximum atomic E-state index is 12.1. The average molecular weight is 319 g/mol. The van der Waals surface area contributed by atoms with E-state index in [0.29, 0.717) is 15.8 Å². The topological polar surface area (TPSA) is 30.2 Å². The van der Waals surface area contributed by atoms with Crippen molar-refractivity contribution >= 4 is 49.3 Å². The van der Waals surface area contributed by atoms with Gasteiger partial charge in [-0.2, -0.15) is 0 Å². The van der Waals surface area contributed by atoms with E-state index in [-0.39, 0.29) is 5.43 Å². The number of hydrogen-bond acceptors (Lipinski definition) is 4. The highest BCUT2D eigenvalue weighted by atomic mass is 79.9. The zero-order valence-corrected chi connectivity index (χ0v) is 12.4. The predicted octanol–water partition coefficient (Wildman–Crippen LogP) is 4.35. The van der Waals surface area contributed by atoms with Gasteiger partial charge in [0.1, 0.15) is 4.70 Å². The molecule has 0 atom stereocenters. The van der Waals surface area contributed by atoms with Crippen LogP contribution < -0.4 is 5.43 Å². The Morgan fingerprint density at radius 3 is 2.75 bits per heavy atom. The second-order valence-electron chi connectivity index (χ2n) is 3.41. The molecule has 0 saturated heterocycles. The summed E-state index contributed by atoms with van der Waals surface area (Å²) in [6.45, 7) is 5.85. The number of hydrogen-bond donors (Lipinski definition) is 0. The lowest BCUT2D eigenvalue weighted by Gasteiger charge is -2.02. The Kier molecular flexibility index (Phi) is 3.47. The molecule has 2 aromatic heterocycles. The highest BCUT2D eigenvalue weighted by Gasteiger charge is 2.16. The van der Waals surface area contributed by atoms with Gasteiger partial charge in [0.2, 0.25) is 5.43 Å². The Bertz CT molecular complexity index is 598. The van der Waals surface area contributed by atoms with Crippen molar-refractivity contribution in [2.45, 2.75) is 25.9 Å². The molecule has 0 unspecified atom stereocenters. The quantitative estimate of drug-likeness (QED) is 0.771.